The van der Waals surface area contributed by atoms with E-state index in [1.54, 1.807) is 0 Å². The van der Waals surface area contributed by atoms with Crippen LogP contribution < -0.4 is 0 Å². The molecular formula is C3F3N3O. The molecule has 0 saturated carbocycles. The lowest BCUT2D eigenvalue weighted by Gasteiger charge is -1.97. The molecule has 2 amide bonds. The summed E-state index contributed by atoms with van der Waals surface area (Å²) in [5.74, 6) is -1.49. The van der Waals surface area contributed by atoms with Gasteiger partial charge in [0.15, 0.2) is 0 Å². The van der Waals surface area contributed by atoms with E-state index in [1.807, 2.05) is 0 Å². The van der Waals surface area contributed by atoms with Crippen LogP contribution in [0.5, 0.6) is 0 Å². The maximum Gasteiger partial charge on any atom is 0.453 e. The first-order chi connectivity index (χ1) is 4.50. The Labute approximate surface area is 52.5 Å². The molecule has 0 unspecified atom stereocenters. The third-order valence-corrected chi connectivity index (χ3v) is 0.685. The van der Waals surface area contributed by atoms with Crippen molar-refractivity contribution in [3.8, 4) is 0 Å². The highest BCUT2D eigenvalue weighted by Crippen LogP contribution is 2.20. The molecule has 1 aliphatic rings. The van der Waals surface area contributed by atoms with Crippen molar-refractivity contribution < 1.29 is 18.0 Å². The predicted molar refractivity (Wildman–Crippen MR) is 23.7 cm³/mol. The van der Waals surface area contributed by atoms with Crippen LogP contribution in [0.4, 0.5) is 18.0 Å². The number of carbonyl (C=O) groups excluding carboxylic acids is 1. The van der Waals surface area contributed by atoms with Crippen molar-refractivity contribution in [3.05, 3.63) is 0 Å². The maximum absolute atomic E-state index is 11.5. The van der Waals surface area contributed by atoms with Crippen molar-refractivity contribution in [2.45, 2.75) is 6.18 Å². The molecule has 1 aliphatic heterocycles. The van der Waals surface area contributed by atoms with Crippen LogP contribution in [0.2, 0.25) is 0 Å². The summed E-state index contributed by atoms with van der Waals surface area (Å²) in [4.78, 5) is 12.4. The Kier molecular flexibility index (Phi) is 1.27. The van der Waals surface area contributed by atoms with Crippen LogP contribution in [0.3, 0.4) is 0 Å². The fraction of sp³-hybridized carbons (Fsp3) is 0.333. The summed E-state index contributed by atoms with van der Waals surface area (Å²) in [6, 6.07) is -1.22. The molecule has 4 nitrogen and oxygen atoms in total. The molecular weight excluding hydrogens is 151 g/mol. The number of amides is 2. The van der Waals surface area contributed by atoms with Crippen LogP contribution in [0.25, 0.3) is 0 Å². The zero-order valence-corrected chi connectivity index (χ0v) is 4.38. The number of rotatable bonds is 0. The van der Waals surface area contributed by atoms with Gasteiger partial charge in [-0.2, -0.15) is 18.2 Å². The highest BCUT2D eigenvalue weighted by molar-refractivity contribution is 6.01. The van der Waals surface area contributed by atoms with Crippen LogP contribution in [0, 0.1) is 0 Å². The van der Waals surface area contributed by atoms with Crippen LogP contribution in [0.15, 0.2) is 15.2 Å². The van der Waals surface area contributed by atoms with Gasteiger partial charge in [-0.05, 0) is 0 Å². The van der Waals surface area contributed by atoms with Crippen LogP contribution in [-0.4, -0.2) is 18.0 Å². The fourth-order valence-electron chi connectivity index (χ4n) is 0.346. The summed E-state index contributed by atoms with van der Waals surface area (Å²) in [6.07, 6.45) is -4.67. The number of alkyl halides is 3. The van der Waals surface area contributed by atoms with E-state index in [0.717, 1.165) is 0 Å². The maximum atomic E-state index is 11.5. The molecule has 10 heavy (non-hydrogen) atoms. The summed E-state index contributed by atoms with van der Waals surface area (Å²) in [7, 11) is 0. The van der Waals surface area contributed by atoms with Gasteiger partial charge in [0.05, 0.1) is 0 Å². The van der Waals surface area contributed by atoms with E-state index in [0.29, 0.717) is 0 Å². The largest absolute Gasteiger partial charge is 0.453 e. The molecule has 0 bridgehead atoms. The van der Waals surface area contributed by atoms with Gasteiger partial charge in [0.1, 0.15) is 0 Å². The fourth-order valence-corrected chi connectivity index (χ4v) is 0.346. The Bertz CT molecular complexity index is 228. The third kappa shape index (κ3) is 1.17. The van der Waals surface area contributed by atoms with Crippen molar-refractivity contribution in [2.24, 2.45) is 15.2 Å². The van der Waals surface area contributed by atoms with Crippen molar-refractivity contribution in [3.63, 3.8) is 0 Å². The molecule has 0 spiro atoms. The van der Waals surface area contributed by atoms with Gasteiger partial charge in [-0.15, -0.1) is 5.11 Å². The van der Waals surface area contributed by atoms with Gasteiger partial charge < -0.3 is 0 Å². The molecule has 0 N–H and O–H groups in total. The molecule has 0 atom stereocenters. The molecule has 0 saturated heterocycles. The molecule has 1 rings (SSSR count). The number of hydrogen-bond acceptors (Lipinski definition) is 2. The van der Waals surface area contributed by atoms with E-state index in [2.05, 4.69) is 15.2 Å². The monoisotopic (exact) mass is 151 g/mol. The molecule has 1 heterocycles. The van der Waals surface area contributed by atoms with E-state index in [1.165, 1.54) is 0 Å². The number of aliphatic imine (C=N–C) groups is 1. The number of amidine groups is 1. The molecule has 0 fully saturated rings. The van der Waals surface area contributed by atoms with Crippen LogP contribution in [0.1, 0.15) is 0 Å². The smallest absolute Gasteiger partial charge is 0.242 e. The summed E-state index contributed by atoms with van der Waals surface area (Å²) < 4.78 is 34.5. The second kappa shape index (κ2) is 1.86. The minimum Gasteiger partial charge on any atom is -0.242 e. The first kappa shape index (κ1) is 6.84. The zero-order chi connectivity index (χ0) is 7.78. The number of urea groups is 1. The van der Waals surface area contributed by atoms with Crippen molar-refractivity contribution in [1.29, 1.82) is 0 Å². The van der Waals surface area contributed by atoms with E-state index in [-0.39, 0.29) is 0 Å². The van der Waals surface area contributed by atoms with Gasteiger partial charge in [-0.3, -0.25) is 0 Å². The summed E-state index contributed by atoms with van der Waals surface area (Å²) in [6.45, 7) is 0. The standard InChI is InChI=1S/C3F3N3O/c4-3(5,6)1-7-2(10)9-8-1. The molecule has 0 aromatic rings. The molecule has 54 valence electrons. The SMILES string of the molecule is O=C1N=NC(C(F)(F)F)=N1. The molecule has 0 aromatic carbocycles. The summed E-state index contributed by atoms with van der Waals surface area (Å²) >= 11 is 0. The van der Waals surface area contributed by atoms with Crippen molar-refractivity contribution in [2.75, 3.05) is 0 Å². The molecule has 0 aliphatic carbocycles. The van der Waals surface area contributed by atoms with E-state index in [4.69, 9.17) is 0 Å². The van der Waals surface area contributed by atoms with Gasteiger partial charge in [0, 0.05) is 0 Å². The van der Waals surface area contributed by atoms with Gasteiger partial charge in [-0.1, -0.05) is 5.11 Å². The number of hydrogen-bond donors (Lipinski definition) is 0. The van der Waals surface area contributed by atoms with E-state index >= 15 is 0 Å². The lowest BCUT2D eigenvalue weighted by Crippen LogP contribution is -2.19. The predicted octanol–water partition coefficient (Wildman–Crippen LogP) is 1.53. The number of halogens is 3. The minimum absolute atomic E-state index is 1.22. The Morgan fingerprint density at radius 1 is 1.20 bits per heavy atom. The van der Waals surface area contributed by atoms with E-state index < -0.39 is 18.0 Å². The lowest BCUT2D eigenvalue weighted by molar-refractivity contribution is -0.0596. The van der Waals surface area contributed by atoms with Gasteiger partial charge in [0.2, 0.25) is 0 Å². The number of carbonyl (C=O) groups is 1. The lowest BCUT2D eigenvalue weighted by atomic mass is 10.6. The summed E-state index contributed by atoms with van der Waals surface area (Å²) in [5.41, 5.74) is 0. The first-order valence-electron chi connectivity index (χ1n) is 2.12. The summed E-state index contributed by atoms with van der Waals surface area (Å²) in [5, 5.41) is 5.03. The minimum atomic E-state index is -4.67. The molecule has 7 heteroatoms. The Morgan fingerprint density at radius 3 is 2.00 bits per heavy atom. The van der Waals surface area contributed by atoms with Crippen LogP contribution >= 0.6 is 0 Å². The highest BCUT2D eigenvalue weighted by Gasteiger charge is 2.39. The third-order valence-electron chi connectivity index (χ3n) is 0.685. The zero-order valence-electron chi connectivity index (χ0n) is 4.38. The highest BCUT2D eigenvalue weighted by atomic mass is 19.4. The second-order valence-electron chi connectivity index (χ2n) is 1.42. The van der Waals surface area contributed by atoms with Crippen LogP contribution in [-0.2, 0) is 0 Å². The Balaban J connectivity index is 2.88. The van der Waals surface area contributed by atoms with Gasteiger partial charge >= 0.3 is 12.2 Å². The quantitative estimate of drug-likeness (QED) is 0.517. The average molecular weight is 151 g/mol. The number of nitrogens with zero attached hydrogens (tertiary/aromatic N) is 3. The Hall–Kier alpha value is -1.27. The van der Waals surface area contributed by atoms with Gasteiger partial charge in [0.25, 0.3) is 5.84 Å². The average Bonchev–Trinajstić information content (AvgIpc) is 2.11. The molecule has 0 radical (unpaired) electrons. The van der Waals surface area contributed by atoms with Crippen molar-refractivity contribution in [1.82, 2.24) is 0 Å². The Morgan fingerprint density at radius 2 is 1.80 bits per heavy atom. The van der Waals surface area contributed by atoms with Crippen molar-refractivity contribution >= 4 is 11.9 Å². The topological polar surface area (TPSA) is 54.1 Å². The first-order valence-corrected chi connectivity index (χ1v) is 2.12. The molecule has 0 aromatic heterocycles. The normalized spacial score (nSPS) is 17.9. The number of azo groups is 1. The van der Waals surface area contributed by atoms with Gasteiger partial charge in [-0.25, -0.2) is 4.79 Å². The second-order valence-corrected chi connectivity index (χ2v) is 1.42. The van der Waals surface area contributed by atoms with E-state index in [9.17, 15) is 18.0 Å².